The number of hydrogen-bond donors (Lipinski definition) is 2. The number of imidazole rings is 1. The fourth-order valence-electron chi connectivity index (χ4n) is 2.35. The number of nitrogens with zero attached hydrogens (tertiary/aromatic N) is 2. The van der Waals surface area contributed by atoms with Crippen LogP contribution in [0, 0.1) is 5.82 Å². The second kappa shape index (κ2) is 8.11. The lowest BCUT2D eigenvalue weighted by Crippen LogP contribution is -2.27. The molecular formula is C18H17FN4O3S. The number of sulfonamides is 1. The lowest BCUT2D eigenvalue weighted by molar-refractivity contribution is -0.116. The summed E-state index contributed by atoms with van der Waals surface area (Å²) in [6, 6.07) is 11.6. The molecule has 0 aliphatic heterocycles. The van der Waals surface area contributed by atoms with E-state index in [1.807, 2.05) is 16.7 Å². The molecule has 0 unspecified atom stereocenters. The molecule has 27 heavy (non-hydrogen) atoms. The fraction of sp³-hybridized carbons (Fsp3) is 0.111. The number of rotatable bonds is 7. The Bertz CT molecular complexity index is 1000. The second-order valence-electron chi connectivity index (χ2n) is 5.67. The lowest BCUT2D eigenvalue weighted by atomic mass is 10.2. The van der Waals surface area contributed by atoms with Crippen molar-refractivity contribution < 1.29 is 17.6 Å². The molecule has 1 amide bonds. The van der Waals surface area contributed by atoms with E-state index in [1.165, 1.54) is 12.1 Å². The highest BCUT2D eigenvalue weighted by Gasteiger charge is 2.14. The van der Waals surface area contributed by atoms with Crippen LogP contribution in [0.2, 0.25) is 0 Å². The van der Waals surface area contributed by atoms with Crippen LogP contribution in [-0.4, -0.2) is 30.4 Å². The maximum atomic E-state index is 12.9. The molecule has 2 aromatic carbocycles. The summed E-state index contributed by atoms with van der Waals surface area (Å²) < 4.78 is 41.1. The Morgan fingerprint density at radius 2 is 1.78 bits per heavy atom. The number of halogens is 1. The van der Waals surface area contributed by atoms with E-state index in [-0.39, 0.29) is 23.8 Å². The van der Waals surface area contributed by atoms with Crippen LogP contribution in [0.3, 0.4) is 0 Å². The SMILES string of the molecule is O=C(CCNS(=O)(=O)c1ccc(F)cc1)Nc1ccc(-n2ccnc2)cc1. The smallest absolute Gasteiger partial charge is 0.240 e. The quantitative estimate of drug-likeness (QED) is 0.650. The number of amides is 1. The van der Waals surface area contributed by atoms with Gasteiger partial charge < -0.3 is 9.88 Å². The van der Waals surface area contributed by atoms with Gasteiger partial charge in [0.15, 0.2) is 0 Å². The number of anilines is 1. The molecule has 0 aliphatic rings. The Hall–Kier alpha value is -3.04. The molecule has 0 saturated carbocycles. The molecule has 140 valence electrons. The van der Waals surface area contributed by atoms with Gasteiger partial charge in [-0.25, -0.2) is 22.5 Å². The first kappa shape index (κ1) is 18.7. The number of aromatic nitrogens is 2. The first-order valence-corrected chi connectivity index (χ1v) is 9.56. The largest absolute Gasteiger partial charge is 0.326 e. The summed E-state index contributed by atoms with van der Waals surface area (Å²) in [5.74, 6) is -0.848. The number of benzene rings is 2. The fourth-order valence-corrected chi connectivity index (χ4v) is 3.38. The van der Waals surface area contributed by atoms with E-state index in [4.69, 9.17) is 0 Å². The minimum absolute atomic E-state index is 0.0380. The van der Waals surface area contributed by atoms with Gasteiger partial charge in [0.2, 0.25) is 15.9 Å². The van der Waals surface area contributed by atoms with Gasteiger partial charge >= 0.3 is 0 Å². The number of carbonyl (C=O) groups is 1. The van der Waals surface area contributed by atoms with Crippen molar-refractivity contribution in [2.75, 3.05) is 11.9 Å². The van der Waals surface area contributed by atoms with Gasteiger partial charge in [0.1, 0.15) is 5.82 Å². The van der Waals surface area contributed by atoms with Gasteiger partial charge in [0.05, 0.1) is 11.2 Å². The first-order chi connectivity index (χ1) is 12.9. The molecule has 2 N–H and O–H groups in total. The highest BCUT2D eigenvalue weighted by Crippen LogP contribution is 2.13. The summed E-state index contributed by atoms with van der Waals surface area (Å²) in [6.07, 6.45) is 5.11. The third-order valence-corrected chi connectivity index (χ3v) is 5.20. The molecule has 0 fully saturated rings. The Morgan fingerprint density at radius 3 is 2.41 bits per heavy atom. The van der Waals surface area contributed by atoms with E-state index >= 15 is 0 Å². The summed E-state index contributed by atoms with van der Waals surface area (Å²) in [5, 5.41) is 2.70. The van der Waals surface area contributed by atoms with Crippen LogP contribution < -0.4 is 10.0 Å². The normalized spacial score (nSPS) is 11.3. The monoisotopic (exact) mass is 388 g/mol. The Kier molecular flexibility index (Phi) is 5.63. The van der Waals surface area contributed by atoms with Gasteiger partial charge in [0, 0.05) is 36.7 Å². The van der Waals surface area contributed by atoms with Crippen LogP contribution in [0.25, 0.3) is 5.69 Å². The molecule has 7 nitrogen and oxygen atoms in total. The molecule has 1 heterocycles. The van der Waals surface area contributed by atoms with Gasteiger partial charge in [-0.1, -0.05) is 0 Å². The molecule has 0 saturated heterocycles. The summed E-state index contributed by atoms with van der Waals surface area (Å²) in [4.78, 5) is 15.9. The second-order valence-corrected chi connectivity index (χ2v) is 7.43. The number of nitrogens with one attached hydrogen (secondary N) is 2. The van der Waals surface area contributed by atoms with E-state index in [2.05, 4.69) is 15.0 Å². The van der Waals surface area contributed by atoms with Crippen molar-refractivity contribution in [2.24, 2.45) is 0 Å². The summed E-state index contributed by atoms with van der Waals surface area (Å²) in [7, 11) is -3.78. The topological polar surface area (TPSA) is 93.1 Å². The van der Waals surface area contributed by atoms with Gasteiger partial charge in [-0.2, -0.15) is 0 Å². The number of hydrogen-bond acceptors (Lipinski definition) is 4. The van der Waals surface area contributed by atoms with Gasteiger partial charge in [-0.05, 0) is 48.5 Å². The van der Waals surface area contributed by atoms with Gasteiger partial charge in [0.25, 0.3) is 0 Å². The maximum absolute atomic E-state index is 12.9. The molecule has 0 aliphatic carbocycles. The van der Waals surface area contributed by atoms with Crippen LogP contribution in [0.4, 0.5) is 10.1 Å². The van der Waals surface area contributed by atoms with Crippen LogP contribution in [0.5, 0.6) is 0 Å². The van der Waals surface area contributed by atoms with E-state index in [0.29, 0.717) is 5.69 Å². The Morgan fingerprint density at radius 1 is 1.07 bits per heavy atom. The van der Waals surface area contributed by atoms with E-state index < -0.39 is 15.8 Å². The van der Waals surface area contributed by atoms with Crippen molar-refractivity contribution in [1.82, 2.24) is 14.3 Å². The van der Waals surface area contributed by atoms with Crippen LogP contribution >= 0.6 is 0 Å². The highest BCUT2D eigenvalue weighted by molar-refractivity contribution is 7.89. The summed E-state index contributed by atoms with van der Waals surface area (Å²) in [6.45, 7) is -0.0708. The third kappa shape index (κ3) is 4.99. The first-order valence-electron chi connectivity index (χ1n) is 8.07. The summed E-state index contributed by atoms with van der Waals surface area (Å²) >= 11 is 0. The zero-order valence-corrected chi connectivity index (χ0v) is 15.0. The van der Waals surface area contributed by atoms with Gasteiger partial charge in [-0.15, -0.1) is 0 Å². The minimum atomic E-state index is -3.78. The lowest BCUT2D eigenvalue weighted by Gasteiger charge is -2.08. The van der Waals surface area contributed by atoms with Crippen molar-refractivity contribution in [3.8, 4) is 5.69 Å². The molecule has 0 bridgehead atoms. The Labute approximate surface area is 155 Å². The minimum Gasteiger partial charge on any atom is -0.326 e. The summed E-state index contributed by atoms with van der Waals surface area (Å²) in [5.41, 5.74) is 1.50. The van der Waals surface area contributed by atoms with Crippen molar-refractivity contribution in [2.45, 2.75) is 11.3 Å². The van der Waals surface area contributed by atoms with E-state index in [0.717, 1.165) is 17.8 Å². The predicted octanol–water partition coefficient (Wildman–Crippen LogP) is 2.32. The van der Waals surface area contributed by atoms with Crippen molar-refractivity contribution >= 4 is 21.6 Å². The maximum Gasteiger partial charge on any atom is 0.240 e. The average Bonchev–Trinajstić information content (AvgIpc) is 3.17. The van der Waals surface area contributed by atoms with Crippen LogP contribution in [0.15, 0.2) is 72.1 Å². The van der Waals surface area contributed by atoms with Crippen LogP contribution in [-0.2, 0) is 14.8 Å². The average molecular weight is 388 g/mol. The molecule has 0 atom stereocenters. The zero-order chi connectivity index (χ0) is 19.3. The zero-order valence-electron chi connectivity index (χ0n) is 14.2. The highest BCUT2D eigenvalue weighted by atomic mass is 32.2. The number of carbonyl (C=O) groups excluding carboxylic acids is 1. The third-order valence-electron chi connectivity index (χ3n) is 3.72. The molecule has 3 rings (SSSR count). The molecule has 1 aromatic heterocycles. The molecule has 9 heteroatoms. The Balaban J connectivity index is 1.50. The van der Waals surface area contributed by atoms with Crippen molar-refractivity contribution in [3.05, 3.63) is 73.1 Å². The molecular weight excluding hydrogens is 371 g/mol. The molecule has 0 radical (unpaired) electrons. The molecule has 0 spiro atoms. The van der Waals surface area contributed by atoms with E-state index in [1.54, 1.807) is 30.9 Å². The standard InChI is InChI=1S/C18H17FN4O3S/c19-14-1-7-17(8-2-14)27(25,26)21-10-9-18(24)22-15-3-5-16(6-4-15)23-12-11-20-13-23/h1-8,11-13,21H,9-10H2,(H,22,24). The van der Waals surface area contributed by atoms with Crippen molar-refractivity contribution in [3.63, 3.8) is 0 Å². The predicted molar refractivity (Wildman–Crippen MR) is 98.4 cm³/mol. The van der Waals surface area contributed by atoms with E-state index in [9.17, 15) is 17.6 Å². The van der Waals surface area contributed by atoms with Crippen LogP contribution in [0.1, 0.15) is 6.42 Å². The molecule has 3 aromatic rings. The van der Waals surface area contributed by atoms with Gasteiger partial charge in [-0.3, -0.25) is 4.79 Å². The van der Waals surface area contributed by atoms with Crippen molar-refractivity contribution in [1.29, 1.82) is 0 Å².